The first-order chi connectivity index (χ1) is 11.4. The van der Waals surface area contributed by atoms with Crippen molar-refractivity contribution in [1.29, 1.82) is 0 Å². The number of likely N-dealkylation sites (tertiary alicyclic amines) is 1. The number of allylic oxidation sites excluding steroid dienone is 1. The van der Waals surface area contributed by atoms with E-state index in [4.69, 9.17) is 0 Å². The minimum atomic E-state index is -0.382. The van der Waals surface area contributed by atoms with Crippen LogP contribution >= 0.6 is 0 Å². The summed E-state index contributed by atoms with van der Waals surface area (Å²) >= 11 is 0. The number of benzene rings is 1. The topological polar surface area (TPSA) is 23.6 Å². The lowest BCUT2D eigenvalue weighted by atomic mass is 9.84. The number of nitrogens with zero attached hydrogens (tertiary/aromatic N) is 2. The van der Waals surface area contributed by atoms with Crippen molar-refractivity contribution < 1.29 is 4.79 Å². The van der Waals surface area contributed by atoms with Crippen molar-refractivity contribution in [1.82, 2.24) is 9.80 Å². The minimum absolute atomic E-state index is 0.142. The summed E-state index contributed by atoms with van der Waals surface area (Å²) < 4.78 is 0. The Hall–Kier alpha value is -1.87. The molecule has 2 unspecified atom stereocenters. The SMILES string of the molecule is CN1CCCC1C1=CN(C(=O)C(C)(C)C)C=CC1c1ccccc1. The van der Waals surface area contributed by atoms with Crippen LogP contribution < -0.4 is 0 Å². The number of hydrogen-bond acceptors (Lipinski definition) is 2. The summed E-state index contributed by atoms with van der Waals surface area (Å²) in [5.41, 5.74) is 2.25. The second-order valence-electron chi connectivity index (χ2n) is 7.96. The monoisotopic (exact) mass is 324 g/mol. The van der Waals surface area contributed by atoms with Crippen LogP contribution in [0.1, 0.15) is 45.1 Å². The second-order valence-corrected chi connectivity index (χ2v) is 7.96. The van der Waals surface area contributed by atoms with Gasteiger partial charge in [0.15, 0.2) is 0 Å². The van der Waals surface area contributed by atoms with E-state index in [9.17, 15) is 4.79 Å². The molecule has 2 heterocycles. The predicted molar refractivity (Wildman–Crippen MR) is 98.4 cm³/mol. The van der Waals surface area contributed by atoms with Crippen LogP contribution in [0.4, 0.5) is 0 Å². The largest absolute Gasteiger partial charge is 0.300 e. The molecule has 0 aromatic heterocycles. The van der Waals surface area contributed by atoms with Gasteiger partial charge in [-0.1, -0.05) is 57.2 Å². The maximum atomic E-state index is 12.7. The molecule has 3 rings (SSSR count). The Morgan fingerprint density at radius 3 is 2.46 bits per heavy atom. The molecule has 2 aliphatic rings. The number of rotatable bonds is 2. The van der Waals surface area contributed by atoms with E-state index in [1.54, 1.807) is 4.90 Å². The molecule has 0 saturated carbocycles. The van der Waals surface area contributed by atoms with Gasteiger partial charge >= 0.3 is 0 Å². The molecule has 1 saturated heterocycles. The molecule has 1 aromatic carbocycles. The Kier molecular flexibility index (Phi) is 4.64. The van der Waals surface area contributed by atoms with Crippen LogP contribution in [0.5, 0.6) is 0 Å². The Morgan fingerprint density at radius 1 is 1.17 bits per heavy atom. The zero-order valence-corrected chi connectivity index (χ0v) is 15.2. The first-order valence-corrected chi connectivity index (χ1v) is 8.86. The molecule has 0 aliphatic carbocycles. The quantitative estimate of drug-likeness (QED) is 0.816. The van der Waals surface area contributed by atoms with E-state index in [-0.39, 0.29) is 17.2 Å². The molecule has 3 nitrogen and oxygen atoms in total. The van der Waals surface area contributed by atoms with Gasteiger partial charge < -0.3 is 0 Å². The zero-order chi connectivity index (χ0) is 17.3. The van der Waals surface area contributed by atoms with Crippen LogP contribution in [-0.2, 0) is 4.79 Å². The Bertz CT molecular complexity index is 654. The fourth-order valence-corrected chi connectivity index (χ4v) is 3.68. The van der Waals surface area contributed by atoms with Gasteiger partial charge in [-0.15, -0.1) is 0 Å². The molecule has 1 aromatic rings. The van der Waals surface area contributed by atoms with Crippen molar-refractivity contribution in [3.05, 3.63) is 59.9 Å². The molecule has 0 N–H and O–H groups in total. The molecule has 3 heteroatoms. The van der Waals surface area contributed by atoms with Crippen molar-refractivity contribution in [3.8, 4) is 0 Å². The maximum absolute atomic E-state index is 12.7. The fourth-order valence-electron chi connectivity index (χ4n) is 3.68. The summed E-state index contributed by atoms with van der Waals surface area (Å²) in [4.78, 5) is 16.9. The molecule has 0 bridgehead atoms. The van der Waals surface area contributed by atoms with E-state index >= 15 is 0 Å². The van der Waals surface area contributed by atoms with E-state index in [0.717, 1.165) is 13.0 Å². The first-order valence-electron chi connectivity index (χ1n) is 8.86. The average molecular weight is 324 g/mol. The molecule has 0 spiro atoms. The van der Waals surface area contributed by atoms with Crippen molar-refractivity contribution in [3.63, 3.8) is 0 Å². The fraction of sp³-hybridized carbons (Fsp3) is 0.476. The van der Waals surface area contributed by atoms with E-state index in [1.807, 2.05) is 27.0 Å². The molecule has 24 heavy (non-hydrogen) atoms. The zero-order valence-electron chi connectivity index (χ0n) is 15.2. The van der Waals surface area contributed by atoms with Crippen LogP contribution in [0, 0.1) is 5.41 Å². The molecule has 128 valence electrons. The summed E-state index contributed by atoms with van der Waals surface area (Å²) in [6, 6.07) is 11.0. The van der Waals surface area contributed by atoms with Crippen LogP contribution in [0.3, 0.4) is 0 Å². The summed E-state index contributed by atoms with van der Waals surface area (Å²) in [5.74, 6) is 0.393. The van der Waals surface area contributed by atoms with Crippen LogP contribution in [0.2, 0.25) is 0 Å². The third-order valence-corrected chi connectivity index (χ3v) is 5.03. The van der Waals surface area contributed by atoms with Crippen LogP contribution in [0.25, 0.3) is 0 Å². The number of likely N-dealkylation sites (N-methyl/N-ethyl adjacent to an activating group) is 1. The number of carbonyl (C=O) groups is 1. The third kappa shape index (κ3) is 3.32. The standard InChI is InChI=1S/C21H28N2O/c1-21(2,3)20(24)23-14-12-17(16-9-6-5-7-10-16)18(15-23)19-11-8-13-22(19)4/h5-7,9-10,12,14-15,17,19H,8,11,13H2,1-4H3. The van der Waals surface area contributed by atoms with E-state index in [1.165, 1.54) is 17.6 Å². The summed E-state index contributed by atoms with van der Waals surface area (Å²) in [6.45, 7) is 7.05. The smallest absolute Gasteiger partial charge is 0.235 e. The molecule has 1 fully saturated rings. The number of hydrogen-bond donors (Lipinski definition) is 0. The predicted octanol–water partition coefficient (Wildman–Crippen LogP) is 4.15. The normalized spacial score (nSPS) is 25.0. The number of amides is 1. The third-order valence-electron chi connectivity index (χ3n) is 5.03. The summed E-state index contributed by atoms with van der Waals surface area (Å²) in [5, 5.41) is 0. The van der Waals surface area contributed by atoms with Gasteiger partial charge in [-0.25, -0.2) is 0 Å². The molecule has 2 atom stereocenters. The lowest BCUT2D eigenvalue weighted by molar-refractivity contribution is -0.134. The molecule has 2 aliphatic heterocycles. The van der Waals surface area contributed by atoms with Crippen molar-refractivity contribution in [2.75, 3.05) is 13.6 Å². The lowest BCUT2D eigenvalue weighted by Crippen LogP contribution is -2.37. The van der Waals surface area contributed by atoms with Gasteiger partial charge in [0.1, 0.15) is 0 Å². The van der Waals surface area contributed by atoms with E-state index in [0.29, 0.717) is 6.04 Å². The van der Waals surface area contributed by atoms with Crippen molar-refractivity contribution in [2.45, 2.75) is 45.6 Å². The van der Waals surface area contributed by atoms with Gasteiger partial charge in [0, 0.05) is 29.8 Å². The van der Waals surface area contributed by atoms with Gasteiger partial charge in [-0.05, 0) is 37.6 Å². The highest BCUT2D eigenvalue weighted by Gasteiger charge is 2.34. The summed E-state index contributed by atoms with van der Waals surface area (Å²) in [7, 11) is 2.19. The molecular weight excluding hydrogens is 296 g/mol. The Labute approximate surface area is 145 Å². The van der Waals surface area contributed by atoms with Gasteiger partial charge in [-0.3, -0.25) is 14.6 Å². The first kappa shape index (κ1) is 17.0. The van der Waals surface area contributed by atoms with E-state index < -0.39 is 0 Å². The molecular formula is C21H28N2O. The van der Waals surface area contributed by atoms with E-state index in [2.05, 4.69) is 54.6 Å². The number of carbonyl (C=O) groups excluding carboxylic acids is 1. The summed E-state index contributed by atoms with van der Waals surface area (Å²) in [6.07, 6.45) is 8.61. The van der Waals surface area contributed by atoms with Gasteiger partial charge in [0.25, 0.3) is 0 Å². The van der Waals surface area contributed by atoms with Gasteiger partial charge in [0.05, 0.1) is 0 Å². The molecule has 0 radical (unpaired) electrons. The minimum Gasteiger partial charge on any atom is -0.300 e. The van der Waals surface area contributed by atoms with Gasteiger partial charge in [-0.2, -0.15) is 0 Å². The second kappa shape index (κ2) is 6.56. The highest BCUT2D eigenvalue weighted by atomic mass is 16.2. The average Bonchev–Trinajstić information content (AvgIpc) is 2.99. The maximum Gasteiger partial charge on any atom is 0.235 e. The molecule has 1 amide bonds. The van der Waals surface area contributed by atoms with Crippen molar-refractivity contribution >= 4 is 5.91 Å². The Morgan fingerprint density at radius 2 is 1.88 bits per heavy atom. The van der Waals surface area contributed by atoms with Crippen LogP contribution in [-0.4, -0.2) is 35.3 Å². The van der Waals surface area contributed by atoms with Crippen LogP contribution in [0.15, 0.2) is 54.4 Å². The van der Waals surface area contributed by atoms with Crippen molar-refractivity contribution in [2.24, 2.45) is 5.41 Å². The van der Waals surface area contributed by atoms with Gasteiger partial charge in [0.2, 0.25) is 5.91 Å². The lowest BCUT2D eigenvalue weighted by Gasteiger charge is -2.34. The Balaban J connectivity index is 1.97. The highest BCUT2D eigenvalue weighted by Crippen LogP contribution is 2.37. The highest BCUT2D eigenvalue weighted by molar-refractivity contribution is 5.83.